The summed E-state index contributed by atoms with van der Waals surface area (Å²) in [5.41, 5.74) is 0.437. The summed E-state index contributed by atoms with van der Waals surface area (Å²) in [6.45, 7) is 10.9. The molecule has 0 saturated heterocycles. The molecule has 0 aliphatic carbocycles. The quantitative estimate of drug-likeness (QED) is 0.153. The van der Waals surface area contributed by atoms with Crippen LogP contribution in [0.3, 0.4) is 0 Å². The molecule has 3 amide bonds. The van der Waals surface area contributed by atoms with Crippen LogP contribution < -0.4 is 14.2 Å². The number of ketones is 2. The molecular formula is C33H40ClN7O11S5. The van der Waals surface area contributed by atoms with Crippen molar-refractivity contribution in [2.45, 2.75) is 74.9 Å². The lowest BCUT2D eigenvalue weighted by Crippen LogP contribution is -2.33. The average Bonchev–Trinajstić information content (AvgIpc) is 3.80. The van der Waals surface area contributed by atoms with Gasteiger partial charge < -0.3 is 0 Å². The van der Waals surface area contributed by atoms with Crippen LogP contribution in [0.25, 0.3) is 0 Å². The second kappa shape index (κ2) is 21.3. The standard InChI is InChI=1S/C14H14ClN3O4S2.C10H13NO3S.C9H13N3O4S2/c1-8(2)13(20)18-24(21,22)14-17-16-12(23-14)7-11(19)9-3-5-10(15)6-4-9;1-8(2)10(12)11-15(13,14)9-6-4-3-5-7-9;1-5(2)8(14)12-18(15,16)9-11-10-7(17-9)4-6(3)13/h3-6,8H,7H2,1-2H3,(H,18,20);3-8H,1-2H3,(H,11,12);5H,4H2,1-3H3,(H,12,14). The molecule has 57 heavy (non-hydrogen) atoms. The first-order valence-corrected chi connectivity index (χ1v) is 23.0. The summed E-state index contributed by atoms with van der Waals surface area (Å²) in [6, 6.07) is 14.1. The van der Waals surface area contributed by atoms with Gasteiger partial charge in [-0.3, -0.25) is 24.0 Å². The first-order valence-electron chi connectivity index (χ1n) is 16.5. The molecule has 0 fully saturated rings. The number of benzene rings is 2. The fourth-order valence-corrected chi connectivity index (χ4v) is 9.07. The van der Waals surface area contributed by atoms with Gasteiger partial charge in [-0.15, -0.1) is 20.4 Å². The van der Waals surface area contributed by atoms with Gasteiger partial charge in [-0.05, 0) is 43.3 Å². The Bertz CT molecular complexity index is 2380. The van der Waals surface area contributed by atoms with Gasteiger partial charge in [-0.2, -0.15) is 16.8 Å². The minimum atomic E-state index is -4.07. The molecule has 3 N–H and O–H groups in total. The maximum Gasteiger partial charge on any atom is 0.293 e. The van der Waals surface area contributed by atoms with Crippen LogP contribution in [0.4, 0.5) is 0 Å². The normalized spacial score (nSPS) is 11.5. The summed E-state index contributed by atoms with van der Waals surface area (Å²) < 4.78 is 75.9. The molecule has 0 saturated carbocycles. The molecule has 0 spiro atoms. The highest BCUT2D eigenvalue weighted by atomic mass is 35.5. The van der Waals surface area contributed by atoms with Crippen molar-refractivity contribution >= 4 is 93.6 Å². The van der Waals surface area contributed by atoms with Crippen LogP contribution in [-0.4, -0.2) is 74.9 Å². The zero-order valence-corrected chi connectivity index (χ0v) is 36.4. The van der Waals surface area contributed by atoms with Gasteiger partial charge in [-0.25, -0.2) is 22.6 Å². The molecule has 24 heteroatoms. The molecule has 4 rings (SSSR count). The molecule has 18 nitrogen and oxygen atoms in total. The topological polar surface area (TPSA) is 275 Å². The largest absolute Gasteiger partial charge is 0.300 e. The maximum atomic E-state index is 12.1. The van der Waals surface area contributed by atoms with Gasteiger partial charge in [0.25, 0.3) is 38.7 Å². The number of rotatable bonds is 14. The summed E-state index contributed by atoms with van der Waals surface area (Å²) in [7, 11) is -11.8. The van der Waals surface area contributed by atoms with Crippen molar-refractivity contribution in [2.24, 2.45) is 17.8 Å². The van der Waals surface area contributed by atoms with Gasteiger partial charge in [0.05, 0.1) is 17.7 Å². The molecule has 0 radical (unpaired) electrons. The molecule has 310 valence electrons. The molecule has 0 aliphatic rings. The predicted octanol–water partition coefficient (Wildman–Crippen LogP) is 3.36. The molecule has 0 atom stereocenters. The first kappa shape index (κ1) is 48.6. The second-order valence-corrected chi connectivity index (χ2v) is 20.6. The number of carbonyl (C=O) groups is 5. The van der Waals surface area contributed by atoms with Crippen LogP contribution in [0.5, 0.6) is 0 Å². The number of Topliss-reactive ketones (excluding diaryl/α,β-unsaturated/α-hetero) is 2. The van der Waals surface area contributed by atoms with Crippen LogP contribution in [-0.2, 0) is 62.1 Å². The lowest BCUT2D eigenvalue weighted by atomic mass is 10.1. The van der Waals surface area contributed by atoms with Crippen molar-refractivity contribution < 1.29 is 49.2 Å². The summed E-state index contributed by atoms with van der Waals surface area (Å²) in [6.07, 6.45) is -0.0573. The number of aromatic nitrogens is 4. The zero-order chi connectivity index (χ0) is 43.3. The van der Waals surface area contributed by atoms with Crippen LogP contribution in [0.1, 0.15) is 68.8 Å². The van der Waals surface area contributed by atoms with Crippen molar-refractivity contribution in [2.75, 3.05) is 0 Å². The highest BCUT2D eigenvalue weighted by molar-refractivity contribution is 7.92. The molecule has 0 aliphatic heterocycles. The molecule has 0 bridgehead atoms. The lowest BCUT2D eigenvalue weighted by Gasteiger charge is -2.08. The van der Waals surface area contributed by atoms with E-state index in [0.29, 0.717) is 15.6 Å². The number of hydrogen-bond donors (Lipinski definition) is 3. The Balaban J connectivity index is 0.000000305. The molecule has 2 aromatic carbocycles. The van der Waals surface area contributed by atoms with Gasteiger partial charge in [0.1, 0.15) is 15.8 Å². The van der Waals surface area contributed by atoms with E-state index in [1.54, 1.807) is 84.0 Å². The van der Waals surface area contributed by atoms with Crippen LogP contribution in [0.2, 0.25) is 5.02 Å². The highest BCUT2D eigenvalue weighted by Gasteiger charge is 2.26. The number of sulfonamides is 3. The molecule has 2 heterocycles. The summed E-state index contributed by atoms with van der Waals surface area (Å²) in [4.78, 5) is 57.2. The van der Waals surface area contributed by atoms with E-state index in [1.165, 1.54) is 19.1 Å². The third-order valence-electron chi connectivity index (χ3n) is 6.57. The number of nitrogens with one attached hydrogen (secondary N) is 3. The zero-order valence-electron chi connectivity index (χ0n) is 31.5. The lowest BCUT2D eigenvalue weighted by molar-refractivity contribution is -0.123. The van der Waals surface area contributed by atoms with Gasteiger partial charge in [0, 0.05) is 28.3 Å². The second-order valence-electron chi connectivity index (χ2n) is 12.6. The van der Waals surface area contributed by atoms with E-state index in [-0.39, 0.29) is 48.9 Å². The highest BCUT2D eigenvalue weighted by Crippen LogP contribution is 2.19. The Morgan fingerprint density at radius 1 is 0.579 bits per heavy atom. The minimum Gasteiger partial charge on any atom is -0.300 e. The summed E-state index contributed by atoms with van der Waals surface area (Å²) in [5.74, 6) is -3.42. The molecule has 4 aromatic rings. The number of halogens is 1. The van der Waals surface area contributed by atoms with Crippen molar-refractivity contribution in [1.82, 2.24) is 34.6 Å². The summed E-state index contributed by atoms with van der Waals surface area (Å²) >= 11 is 7.28. The van der Waals surface area contributed by atoms with E-state index in [9.17, 15) is 49.2 Å². The fraction of sp³-hybridized carbons (Fsp3) is 0.364. The molecule has 0 unspecified atom stereocenters. The van der Waals surface area contributed by atoms with E-state index in [4.69, 9.17) is 11.6 Å². The Morgan fingerprint density at radius 3 is 1.35 bits per heavy atom. The van der Waals surface area contributed by atoms with Crippen molar-refractivity contribution in [3.8, 4) is 0 Å². The van der Waals surface area contributed by atoms with E-state index in [0.717, 1.165) is 22.7 Å². The Hall–Kier alpha value is -4.55. The smallest absolute Gasteiger partial charge is 0.293 e. The van der Waals surface area contributed by atoms with Crippen LogP contribution >= 0.6 is 34.3 Å². The Kier molecular flexibility index (Phi) is 18.1. The van der Waals surface area contributed by atoms with E-state index in [2.05, 4.69) is 20.4 Å². The molecular weight excluding hydrogens is 866 g/mol. The average molecular weight is 907 g/mol. The fourth-order valence-electron chi connectivity index (χ4n) is 3.42. The SMILES string of the molecule is CC(=O)Cc1nnc(S(=O)(=O)NC(=O)C(C)C)s1.CC(C)C(=O)NS(=O)(=O)c1ccccc1.CC(C)C(=O)NS(=O)(=O)c1nnc(CC(=O)c2ccc(Cl)cc2)s1. The van der Waals surface area contributed by atoms with E-state index >= 15 is 0 Å². The molecule has 2 aromatic heterocycles. The Labute approximate surface area is 343 Å². The third kappa shape index (κ3) is 16.1. The van der Waals surface area contributed by atoms with Gasteiger partial charge in [0.15, 0.2) is 5.78 Å². The monoisotopic (exact) mass is 905 g/mol. The van der Waals surface area contributed by atoms with Gasteiger partial charge in [0.2, 0.25) is 17.7 Å². The first-order chi connectivity index (χ1) is 26.3. The number of nitrogens with zero attached hydrogens (tertiary/aromatic N) is 4. The maximum absolute atomic E-state index is 12.1. The van der Waals surface area contributed by atoms with Gasteiger partial charge >= 0.3 is 0 Å². The number of carbonyl (C=O) groups excluding carboxylic acids is 5. The van der Waals surface area contributed by atoms with Crippen molar-refractivity contribution in [1.29, 1.82) is 0 Å². The predicted molar refractivity (Wildman–Crippen MR) is 211 cm³/mol. The van der Waals surface area contributed by atoms with Crippen LogP contribution in [0, 0.1) is 17.8 Å². The minimum absolute atomic E-state index is 0.0330. The number of hydrogen-bond acceptors (Lipinski definition) is 17. The van der Waals surface area contributed by atoms with Crippen molar-refractivity contribution in [3.63, 3.8) is 0 Å². The van der Waals surface area contributed by atoms with Crippen LogP contribution in [0.15, 0.2) is 68.2 Å². The summed E-state index contributed by atoms with van der Waals surface area (Å²) in [5, 5.41) is 15.4. The Morgan fingerprint density at radius 2 is 0.965 bits per heavy atom. The van der Waals surface area contributed by atoms with E-state index < -0.39 is 59.6 Å². The number of amides is 3. The van der Waals surface area contributed by atoms with E-state index in [1.807, 2.05) is 14.2 Å². The van der Waals surface area contributed by atoms with Crippen molar-refractivity contribution in [3.05, 3.63) is 75.2 Å². The third-order valence-corrected chi connectivity index (χ3v) is 13.5. The van der Waals surface area contributed by atoms with Gasteiger partial charge in [-0.1, -0.05) is 94.0 Å².